The largest absolute Gasteiger partial charge is 0.309 e. The molecule has 0 amide bonds. The van der Waals surface area contributed by atoms with E-state index in [0.29, 0.717) is 87.6 Å². The first-order valence-electron chi connectivity index (χ1n) is 21.5. The Morgan fingerprint density at radius 3 is 1.06 bits per heavy atom. The predicted octanol–water partition coefficient (Wildman–Crippen LogP) is 12.2. The van der Waals surface area contributed by atoms with Crippen molar-refractivity contribution in [1.29, 1.82) is 0 Å². The van der Waals surface area contributed by atoms with Crippen LogP contribution in [0, 0.1) is 0 Å². The summed E-state index contributed by atoms with van der Waals surface area (Å²) in [5, 5.41) is 3.98. The zero-order chi connectivity index (χ0) is 43.5. The molecule has 0 aliphatic rings. The van der Waals surface area contributed by atoms with Gasteiger partial charge in [-0.25, -0.2) is 0 Å². The first-order chi connectivity index (χ1) is 32.0. The Bertz CT molecular complexity index is 4110. The minimum Gasteiger partial charge on any atom is -0.309 e. The molecule has 0 spiro atoms. The summed E-state index contributed by atoms with van der Waals surface area (Å²) in [6.07, 6.45) is 0. The number of aromatic nitrogens is 2. The zero-order valence-corrected chi connectivity index (χ0v) is 34.5. The number of rotatable bonds is 5. The molecule has 9 aromatic carbocycles. The second-order valence-corrected chi connectivity index (χ2v) is 16.6. The van der Waals surface area contributed by atoms with E-state index in [9.17, 15) is 19.2 Å². The quantitative estimate of drug-likeness (QED) is 0.127. The van der Waals surface area contributed by atoms with Gasteiger partial charge in [-0.15, -0.1) is 0 Å². The van der Waals surface area contributed by atoms with Crippen LogP contribution in [0.1, 0.15) is 0 Å². The standard InChI is InChI=1S/C58H33N3O4/c62-55-40-18-7-9-26-48(40)60-50-30-28-36(32-46(50)57(64)44-24-12-22-42(55)53(44)60)59(52-38(34-14-3-1-4-15-34)20-11-21-39(52)35-16-5-2-6-17-35)37-29-31-51-47(33-37)58(65)45-25-13-23-43-54(45)61(51)49-27-10-8-19-41(49)56(43)63/h1-33H. The molecule has 304 valence electrons. The number of pyridine rings is 4. The van der Waals surface area contributed by atoms with Crippen LogP contribution in [-0.2, 0) is 0 Å². The van der Waals surface area contributed by atoms with Crippen LogP contribution in [0.25, 0.3) is 98.4 Å². The summed E-state index contributed by atoms with van der Waals surface area (Å²) in [5.74, 6) is 0. The molecule has 0 atom stereocenters. The molecule has 0 radical (unpaired) electrons. The number of hydrogen-bond acceptors (Lipinski definition) is 5. The maximum Gasteiger partial charge on any atom is 0.197 e. The van der Waals surface area contributed by atoms with Crippen LogP contribution in [0.3, 0.4) is 0 Å². The molecule has 0 saturated carbocycles. The van der Waals surface area contributed by atoms with Crippen molar-refractivity contribution < 1.29 is 0 Å². The molecule has 7 nitrogen and oxygen atoms in total. The van der Waals surface area contributed by atoms with Gasteiger partial charge in [0.15, 0.2) is 21.7 Å². The molecule has 0 saturated heterocycles. The summed E-state index contributed by atoms with van der Waals surface area (Å²) in [4.78, 5) is 59.8. The second kappa shape index (κ2) is 13.8. The fourth-order valence-corrected chi connectivity index (χ4v) is 10.3. The lowest BCUT2D eigenvalue weighted by molar-refractivity contribution is 1.27. The van der Waals surface area contributed by atoms with Crippen LogP contribution in [0.15, 0.2) is 219 Å². The van der Waals surface area contributed by atoms with Crippen molar-refractivity contribution >= 4 is 93.3 Å². The fraction of sp³-hybridized carbons (Fsp3) is 0. The topological polar surface area (TPSA) is 80.3 Å². The van der Waals surface area contributed by atoms with Gasteiger partial charge in [0.1, 0.15) is 0 Å². The molecule has 0 fully saturated rings. The highest BCUT2D eigenvalue weighted by atomic mass is 16.1. The molecule has 0 aliphatic heterocycles. The summed E-state index contributed by atoms with van der Waals surface area (Å²) in [6, 6.07) is 64.4. The third kappa shape index (κ3) is 5.18. The van der Waals surface area contributed by atoms with Gasteiger partial charge in [-0.3, -0.25) is 19.2 Å². The minimum absolute atomic E-state index is 0.112. The normalized spacial score (nSPS) is 11.9. The Balaban J connectivity index is 1.18. The fourth-order valence-electron chi connectivity index (χ4n) is 10.3. The Kier molecular flexibility index (Phi) is 7.78. The molecule has 0 unspecified atom stereocenters. The molecular formula is C58H33N3O4. The van der Waals surface area contributed by atoms with Crippen LogP contribution in [-0.4, -0.2) is 8.80 Å². The highest BCUT2D eigenvalue weighted by Crippen LogP contribution is 2.47. The summed E-state index contributed by atoms with van der Waals surface area (Å²) >= 11 is 0. The van der Waals surface area contributed by atoms with Crippen molar-refractivity contribution in [3.63, 3.8) is 0 Å². The maximum absolute atomic E-state index is 14.9. The molecule has 0 N–H and O–H groups in total. The van der Waals surface area contributed by atoms with E-state index in [1.807, 2.05) is 130 Å². The van der Waals surface area contributed by atoms with Crippen molar-refractivity contribution in [1.82, 2.24) is 8.80 Å². The van der Waals surface area contributed by atoms with E-state index in [0.717, 1.165) is 27.9 Å². The molecule has 0 bridgehead atoms. The Morgan fingerprint density at radius 2 is 0.631 bits per heavy atom. The van der Waals surface area contributed by atoms with Gasteiger partial charge in [0.25, 0.3) is 0 Å². The van der Waals surface area contributed by atoms with Crippen LogP contribution >= 0.6 is 0 Å². The molecule has 7 heteroatoms. The number of para-hydroxylation sites is 5. The van der Waals surface area contributed by atoms with Gasteiger partial charge in [-0.1, -0.05) is 115 Å². The lowest BCUT2D eigenvalue weighted by Crippen LogP contribution is -2.17. The van der Waals surface area contributed by atoms with Gasteiger partial charge in [0.2, 0.25) is 0 Å². The number of hydrogen-bond donors (Lipinski definition) is 0. The second-order valence-electron chi connectivity index (χ2n) is 16.6. The summed E-state index contributed by atoms with van der Waals surface area (Å²) in [7, 11) is 0. The molecule has 0 aliphatic carbocycles. The number of nitrogens with zero attached hydrogens (tertiary/aromatic N) is 3. The van der Waals surface area contributed by atoms with E-state index in [-0.39, 0.29) is 21.7 Å². The van der Waals surface area contributed by atoms with Gasteiger partial charge >= 0.3 is 0 Å². The van der Waals surface area contributed by atoms with Gasteiger partial charge < -0.3 is 13.7 Å². The highest BCUT2D eigenvalue weighted by molar-refractivity contribution is 6.11. The average Bonchev–Trinajstić information content (AvgIpc) is 3.36. The van der Waals surface area contributed by atoms with Crippen molar-refractivity contribution in [2.24, 2.45) is 0 Å². The average molecular weight is 836 g/mol. The summed E-state index contributed by atoms with van der Waals surface area (Å²) < 4.78 is 4.09. The molecule has 13 aromatic rings. The Hall–Kier alpha value is -8.94. The number of fused-ring (bicyclic) bond motifs is 8. The van der Waals surface area contributed by atoms with Crippen molar-refractivity contribution in [3.05, 3.63) is 241 Å². The van der Waals surface area contributed by atoms with Gasteiger partial charge in [-0.05, 0) is 96.1 Å². The van der Waals surface area contributed by atoms with E-state index >= 15 is 0 Å². The minimum atomic E-state index is -0.187. The Morgan fingerprint density at radius 1 is 0.292 bits per heavy atom. The van der Waals surface area contributed by atoms with Crippen LogP contribution < -0.4 is 26.6 Å². The SMILES string of the molecule is O=c1c2ccccc2n2c3ccc(N(c4ccc5c(c4)c(=O)c4cccc6c(=O)c7ccccc7n5c64)c4c(-c5ccccc5)cccc4-c4ccccc4)cc3c(=O)c3cccc1c32. The van der Waals surface area contributed by atoms with Crippen LogP contribution in [0.2, 0.25) is 0 Å². The van der Waals surface area contributed by atoms with Crippen molar-refractivity contribution in [2.75, 3.05) is 4.90 Å². The van der Waals surface area contributed by atoms with Gasteiger partial charge in [-0.2, -0.15) is 0 Å². The summed E-state index contributed by atoms with van der Waals surface area (Å²) in [5.41, 5.74) is 9.46. The molecule has 13 rings (SSSR count). The predicted molar refractivity (Wildman–Crippen MR) is 266 cm³/mol. The first kappa shape index (κ1) is 36.7. The molecule has 65 heavy (non-hydrogen) atoms. The first-order valence-corrected chi connectivity index (χ1v) is 21.5. The molecule has 4 aromatic heterocycles. The van der Waals surface area contributed by atoms with E-state index in [1.165, 1.54) is 0 Å². The highest BCUT2D eigenvalue weighted by Gasteiger charge is 2.26. The van der Waals surface area contributed by atoms with E-state index in [4.69, 9.17) is 0 Å². The van der Waals surface area contributed by atoms with E-state index in [2.05, 4.69) is 47.4 Å². The van der Waals surface area contributed by atoms with Crippen LogP contribution in [0.4, 0.5) is 17.1 Å². The third-order valence-electron chi connectivity index (χ3n) is 13.2. The smallest absolute Gasteiger partial charge is 0.197 e. The molecular weight excluding hydrogens is 803 g/mol. The van der Waals surface area contributed by atoms with Gasteiger partial charge in [0, 0.05) is 65.6 Å². The van der Waals surface area contributed by atoms with Gasteiger partial charge in [0.05, 0.1) is 38.8 Å². The monoisotopic (exact) mass is 835 g/mol. The van der Waals surface area contributed by atoms with Crippen LogP contribution in [0.5, 0.6) is 0 Å². The van der Waals surface area contributed by atoms with Crippen molar-refractivity contribution in [2.45, 2.75) is 0 Å². The van der Waals surface area contributed by atoms with E-state index in [1.54, 1.807) is 36.4 Å². The third-order valence-corrected chi connectivity index (χ3v) is 13.2. The number of benzene rings is 9. The lowest BCUT2D eigenvalue weighted by Gasteiger charge is -2.31. The summed E-state index contributed by atoms with van der Waals surface area (Å²) in [6.45, 7) is 0. The van der Waals surface area contributed by atoms with E-state index < -0.39 is 0 Å². The lowest BCUT2D eigenvalue weighted by atomic mass is 9.94. The Labute approximate surface area is 368 Å². The molecule has 4 heterocycles. The number of anilines is 3. The maximum atomic E-state index is 14.9. The van der Waals surface area contributed by atoms with Crippen molar-refractivity contribution in [3.8, 4) is 22.3 Å². The zero-order valence-electron chi connectivity index (χ0n) is 34.5.